The Morgan fingerprint density at radius 1 is 1.36 bits per heavy atom. The highest BCUT2D eigenvalue weighted by Crippen LogP contribution is 2.34. The summed E-state index contributed by atoms with van der Waals surface area (Å²) in [4.78, 5) is 34.6. The fourth-order valence-corrected chi connectivity index (χ4v) is 2.97. The summed E-state index contributed by atoms with van der Waals surface area (Å²) in [5.41, 5.74) is 6.74. The van der Waals surface area contributed by atoms with Gasteiger partial charge in [0.15, 0.2) is 5.96 Å². The van der Waals surface area contributed by atoms with Crippen LogP contribution in [-0.2, 0) is 10.3 Å². The van der Waals surface area contributed by atoms with E-state index in [0.29, 0.717) is 18.0 Å². The van der Waals surface area contributed by atoms with Gasteiger partial charge in [-0.15, -0.1) is 0 Å². The van der Waals surface area contributed by atoms with Crippen LogP contribution in [0.2, 0.25) is 0 Å². The summed E-state index contributed by atoms with van der Waals surface area (Å²) in [5.74, 6) is 0.332. The Morgan fingerprint density at radius 2 is 2.14 bits per heavy atom. The second kappa shape index (κ2) is 7.67. The van der Waals surface area contributed by atoms with Gasteiger partial charge in [-0.3, -0.25) is 14.5 Å². The third-order valence-corrected chi connectivity index (χ3v) is 4.60. The molecule has 0 spiro atoms. The van der Waals surface area contributed by atoms with Crippen LogP contribution in [0, 0.1) is 0 Å². The van der Waals surface area contributed by atoms with E-state index >= 15 is 0 Å². The van der Waals surface area contributed by atoms with Gasteiger partial charge in [0.1, 0.15) is 11.4 Å². The van der Waals surface area contributed by atoms with Crippen LogP contribution in [0.15, 0.2) is 47.6 Å². The van der Waals surface area contributed by atoms with E-state index < -0.39 is 5.54 Å². The largest absolute Gasteiger partial charge is 0.492 e. The first-order valence-electron chi connectivity index (χ1n) is 8.95. The Morgan fingerprint density at radius 3 is 2.79 bits per heavy atom. The maximum Gasteiger partial charge on any atom is 0.274 e. The third-order valence-electron chi connectivity index (χ3n) is 4.60. The summed E-state index contributed by atoms with van der Waals surface area (Å²) in [7, 11) is 1.60. The fourth-order valence-electron chi connectivity index (χ4n) is 2.97. The monoisotopic (exact) mass is 381 g/mol. The van der Waals surface area contributed by atoms with Crippen molar-refractivity contribution >= 4 is 23.5 Å². The van der Waals surface area contributed by atoms with Crippen molar-refractivity contribution in [2.24, 2.45) is 10.7 Å². The summed E-state index contributed by atoms with van der Waals surface area (Å²) < 4.78 is 5.33. The summed E-state index contributed by atoms with van der Waals surface area (Å²) in [6.45, 7) is 4.26. The van der Waals surface area contributed by atoms with Gasteiger partial charge in [-0.2, -0.15) is 0 Å². The lowest BCUT2D eigenvalue weighted by Crippen LogP contribution is -2.47. The number of rotatable bonds is 5. The van der Waals surface area contributed by atoms with Gasteiger partial charge in [0.25, 0.3) is 5.91 Å². The van der Waals surface area contributed by atoms with Gasteiger partial charge >= 0.3 is 0 Å². The van der Waals surface area contributed by atoms with Crippen LogP contribution in [0.4, 0.5) is 5.69 Å². The number of anilines is 1. The molecule has 0 aliphatic carbocycles. The highest BCUT2D eigenvalue weighted by atomic mass is 16.5. The third kappa shape index (κ3) is 3.95. The molecule has 1 unspecified atom stereocenters. The first-order valence-corrected chi connectivity index (χ1v) is 8.95. The topological polar surface area (TPSA) is 110 Å². The molecule has 8 nitrogen and oxygen atoms in total. The van der Waals surface area contributed by atoms with E-state index in [2.05, 4.69) is 15.3 Å². The van der Waals surface area contributed by atoms with Crippen molar-refractivity contribution in [3.05, 3.63) is 53.9 Å². The molecule has 1 aliphatic rings. The van der Waals surface area contributed by atoms with E-state index in [1.807, 2.05) is 19.9 Å². The molecule has 0 fully saturated rings. The van der Waals surface area contributed by atoms with Gasteiger partial charge in [0, 0.05) is 12.7 Å². The van der Waals surface area contributed by atoms with Gasteiger partial charge < -0.3 is 15.8 Å². The van der Waals surface area contributed by atoms with Crippen LogP contribution in [-0.4, -0.2) is 41.3 Å². The lowest BCUT2D eigenvalue weighted by Gasteiger charge is -2.33. The Balaban J connectivity index is 1.80. The maximum atomic E-state index is 12.5. The van der Waals surface area contributed by atoms with E-state index in [0.717, 1.165) is 5.56 Å². The van der Waals surface area contributed by atoms with E-state index in [4.69, 9.17) is 10.5 Å². The predicted octanol–water partition coefficient (Wildman–Crippen LogP) is 2.12. The minimum Gasteiger partial charge on any atom is -0.492 e. The van der Waals surface area contributed by atoms with Crippen LogP contribution in [0.5, 0.6) is 5.75 Å². The number of ether oxygens (including phenoxy) is 1. The zero-order valence-electron chi connectivity index (χ0n) is 16.1. The second-order valence-corrected chi connectivity index (χ2v) is 6.72. The summed E-state index contributed by atoms with van der Waals surface area (Å²) in [6, 6.07) is 10.5. The molecule has 3 rings (SSSR count). The van der Waals surface area contributed by atoms with Crippen LogP contribution in [0.1, 0.15) is 36.3 Å². The quantitative estimate of drug-likeness (QED) is 0.824. The molecular formula is C20H23N5O3. The lowest BCUT2D eigenvalue weighted by molar-refractivity contribution is -0.128. The van der Waals surface area contributed by atoms with E-state index in [1.54, 1.807) is 37.4 Å². The standard InChI is InChI=1S/C20H23N5O3/c1-4-28-15-8-9-16(22-12-15)18(27)23-14-7-5-6-13(10-14)20(2)11-17(26)25(3)19(21)24-20/h5-10,12H,4,11H2,1-3H3,(H2,21,24)(H,23,27). The minimum atomic E-state index is -0.786. The molecule has 1 aromatic heterocycles. The molecule has 146 valence electrons. The molecule has 8 heteroatoms. The molecule has 0 saturated carbocycles. The SMILES string of the molecule is CCOc1ccc(C(=O)Nc2cccc(C3(C)CC(=O)N(C)C(N)=N3)c2)nc1. The van der Waals surface area contributed by atoms with Crippen molar-refractivity contribution in [3.63, 3.8) is 0 Å². The average Bonchev–Trinajstić information content (AvgIpc) is 2.67. The van der Waals surface area contributed by atoms with Crippen LogP contribution in [0.25, 0.3) is 0 Å². The first kappa shape index (κ1) is 19.3. The fraction of sp³-hybridized carbons (Fsp3) is 0.300. The number of benzene rings is 1. The van der Waals surface area contributed by atoms with Crippen molar-refractivity contribution in [3.8, 4) is 5.75 Å². The van der Waals surface area contributed by atoms with Crippen LogP contribution in [0.3, 0.4) is 0 Å². The molecule has 0 bridgehead atoms. The number of nitrogens with two attached hydrogens (primary N) is 1. The number of guanidine groups is 1. The average molecular weight is 381 g/mol. The smallest absolute Gasteiger partial charge is 0.274 e. The van der Waals surface area contributed by atoms with Crippen molar-refractivity contribution < 1.29 is 14.3 Å². The minimum absolute atomic E-state index is 0.108. The van der Waals surface area contributed by atoms with Gasteiger partial charge in [-0.1, -0.05) is 12.1 Å². The molecule has 2 heterocycles. The highest BCUT2D eigenvalue weighted by molar-refractivity contribution is 6.03. The van der Waals surface area contributed by atoms with E-state index in [9.17, 15) is 9.59 Å². The molecule has 28 heavy (non-hydrogen) atoms. The zero-order valence-corrected chi connectivity index (χ0v) is 16.1. The number of aromatic nitrogens is 1. The number of nitrogens with one attached hydrogen (secondary N) is 1. The molecule has 3 N–H and O–H groups in total. The number of pyridine rings is 1. The molecule has 1 atom stereocenters. The molecule has 1 aliphatic heterocycles. The lowest BCUT2D eigenvalue weighted by atomic mass is 9.87. The molecule has 2 amide bonds. The number of carbonyl (C=O) groups excluding carboxylic acids is 2. The Bertz CT molecular complexity index is 926. The molecule has 0 radical (unpaired) electrons. The summed E-state index contributed by atoms with van der Waals surface area (Å²) in [6.07, 6.45) is 1.71. The normalized spacial score (nSPS) is 19.2. The Hall–Kier alpha value is -3.42. The van der Waals surface area contributed by atoms with Gasteiger partial charge in [0.2, 0.25) is 5.91 Å². The summed E-state index contributed by atoms with van der Waals surface area (Å²) in [5, 5.41) is 2.82. The number of aliphatic imine (C=N–C) groups is 1. The van der Waals surface area contributed by atoms with Gasteiger partial charge in [0.05, 0.1) is 24.8 Å². The molecular weight excluding hydrogens is 358 g/mol. The van der Waals surface area contributed by atoms with Crippen molar-refractivity contribution in [2.45, 2.75) is 25.8 Å². The Labute approximate surface area is 163 Å². The summed E-state index contributed by atoms with van der Waals surface area (Å²) >= 11 is 0. The van der Waals surface area contributed by atoms with Gasteiger partial charge in [-0.05, 0) is 43.7 Å². The number of nitrogens with zero attached hydrogens (tertiary/aromatic N) is 3. The Kier molecular flexibility index (Phi) is 5.30. The van der Waals surface area contributed by atoms with Crippen LogP contribution >= 0.6 is 0 Å². The molecule has 2 aromatic rings. The van der Waals surface area contributed by atoms with Crippen molar-refractivity contribution in [1.29, 1.82) is 0 Å². The zero-order chi connectivity index (χ0) is 20.3. The maximum absolute atomic E-state index is 12.5. The predicted molar refractivity (Wildman–Crippen MR) is 106 cm³/mol. The van der Waals surface area contributed by atoms with Crippen molar-refractivity contribution in [2.75, 3.05) is 19.0 Å². The highest BCUT2D eigenvalue weighted by Gasteiger charge is 2.36. The van der Waals surface area contributed by atoms with Crippen LogP contribution < -0.4 is 15.8 Å². The van der Waals surface area contributed by atoms with E-state index in [-0.39, 0.29) is 29.9 Å². The number of hydrogen-bond donors (Lipinski definition) is 2. The first-order chi connectivity index (χ1) is 13.3. The number of hydrogen-bond acceptors (Lipinski definition) is 6. The number of carbonyl (C=O) groups is 2. The van der Waals surface area contributed by atoms with Crippen molar-refractivity contribution in [1.82, 2.24) is 9.88 Å². The molecule has 0 saturated heterocycles. The second-order valence-electron chi connectivity index (χ2n) is 6.72. The van der Waals surface area contributed by atoms with E-state index in [1.165, 1.54) is 11.1 Å². The van der Waals surface area contributed by atoms with Gasteiger partial charge in [-0.25, -0.2) is 9.98 Å². The number of amides is 2. The molecule has 1 aromatic carbocycles.